The fourth-order valence-corrected chi connectivity index (χ4v) is 0.785. The first kappa shape index (κ1) is 11.9. The Hall–Kier alpha value is -0.120. The van der Waals surface area contributed by atoms with Crippen LogP contribution in [0, 0.1) is 5.92 Å². The fourth-order valence-electron chi connectivity index (χ4n) is 0.785. The van der Waals surface area contributed by atoms with Crippen molar-refractivity contribution in [1.82, 2.24) is 5.48 Å². The van der Waals surface area contributed by atoms with Gasteiger partial charge in [0.05, 0.1) is 13.2 Å². The molecule has 0 saturated carbocycles. The summed E-state index contributed by atoms with van der Waals surface area (Å²) in [4.78, 5) is 5.18. The van der Waals surface area contributed by atoms with Gasteiger partial charge in [0, 0.05) is 13.2 Å². The fraction of sp³-hybridized carbons (Fsp3) is 1.00. The van der Waals surface area contributed by atoms with Crippen LogP contribution in [-0.4, -0.2) is 26.4 Å². The Bertz CT molecular complexity index is 98.5. The molecule has 2 atom stereocenters. The van der Waals surface area contributed by atoms with Crippen molar-refractivity contribution < 1.29 is 9.57 Å². The van der Waals surface area contributed by atoms with E-state index in [0.717, 1.165) is 0 Å². The number of ether oxygens (including phenoxy) is 1. The molecule has 0 aromatic rings. The van der Waals surface area contributed by atoms with E-state index in [1.807, 2.05) is 0 Å². The first-order valence-electron chi connectivity index (χ1n) is 4.58. The summed E-state index contributed by atoms with van der Waals surface area (Å²) >= 11 is 0. The van der Waals surface area contributed by atoms with Gasteiger partial charge in [0.1, 0.15) is 0 Å². The second kappa shape index (κ2) is 7.53. The molecule has 1 N–H and O–H groups in total. The molecule has 0 rings (SSSR count). The predicted molar refractivity (Wildman–Crippen MR) is 49.9 cm³/mol. The van der Waals surface area contributed by atoms with Gasteiger partial charge in [-0.15, -0.1) is 0 Å². The van der Waals surface area contributed by atoms with E-state index in [-0.39, 0.29) is 0 Å². The summed E-state index contributed by atoms with van der Waals surface area (Å²) in [6.45, 7) is 7.76. The first-order chi connectivity index (χ1) is 5.72. The van der Waals surface area contributed by atoms with Crippen molar-refractivity contribution in [2.75, 3.05) is 20.3 Å². The minimum atomic E-state index is 0.409. The van der Waals surface area contributed by atoms with Crippen LogP contribution >= 0.6 is 0 Å². The number of hydrogen-bond acceptors (Lipinski definition) is 3. The molecule has 3 heteroatoms. The monoisotopic (exact) mass is 175 g/mol. The highest BCUT2D eigenvalue weighted by molar-refractivity contribution is 4.61. The predicted octanol–water partition coefficient (Wildman–Crippen LogP) is 1.59. The van der Waals surface area contributed by atoms with Crippen LogP contribution in [0.15, 0.2) is 0 Å². The van der Waals surface area contributed by atoms with Crippen molar-refractivity contribution >= 4 is 0 Å². The van der Waals surface area contributed by atoms with Gasteiger partial charge in [-0.05, 0) is 12.8 Å². The Morgan fingerprint density at radius 2 is 1.92 bits per heavy atom. The second-order valence-electron chi connectivity index (χ2n) is 3.13. The van der Waals surface area contributed by atoms with Gasteiger partial charge in [-0.3, -0.25) is 4.84 Å². The molecule has 0 spiro atoms. The molecule has 12 heavy (non-hydrogen) atoms. The Morgan fingerprint density at radius 1 is 1.25 bits per heavy atom. The molecular weight excluding hydrogens is 154 g/mol. The van der Waals surface area contributed by atoms with E-state index in [1.165, 1.54) is 6.42 Å². The lowest BCUT2D eigenvalue weighted by Crippen LogP contribution is -2.32. The van der Waals surface area contributed by atoms with Gasteiger partial charge in [-0.2, -0.15) is 5.48 Å². The summed E-state index contributed by atoms with van der Waals surface area (Å²) in [6.07, 6.45) is 1.17. The zero-order valence-corrected chi connectivity index (χ0v) is 8.59. The quantitative estimate of drug-likeness (QED) is 0.471. The van der Waals surface area contributed by atoms with Gasteiger partial charge in [0.2, 0.25) is 0 Å². The summed E-state index contributed by atoms with van der Waals surface area (Å²) < 4.78 is 4.85. The second-order valence-corrected chi connectivity index (χ2v) is 3.13. The van der Waals surface area contributed by atoms with Gasteiger partial charge in [-0.25, -0.2) is 0 Å². The zero-order valence-electron chi connectivity index (χ0n) is 8.59. The largest absolute Gasteiger partial charge is 0.382 e. The molecule has 0 aromatic carbocycles. The third-order valence-corrected chi connectivity index (χ3v) is 2.16. The first-order valence-corrected chi connectivity index (χ1v) is 4.58. The maximum atomic E-state index is 5.18. The third-order valence-electron chi connectivity index (χ3n) is 2.16. The van der Waals surface area contributed by atoms with Crippen molar-refractivity contribution in [2.45, 2.75) is 33.2 Å². The van der Waals surface area contributed by atoms with E-state index < -0.39 is 0 Å². The highest BCUT2D eigenvalue weighted by atomic mass is 16.7. The molecule has 0 fully saturated rings. The topological polar surface area (TPSA) is 30.5 Å². The molecule has 0 saturated heterocycles. The normalized spacial score (nSPS) is 16.0. The average molecular weight is 175 g/mol. The molecule has 3 nitrogen and oxygen atoms in total. The van der Waals surface area contributed by atoms with Crippen LogP contribution in [0.4, 0.5) is 0 Å². The molecular formula is C9H21NO2. The lowest BCUT2D eigenvalue weighted by molar-refractivity contribution is -0.0180. The SMILES string of the molecule is CCC(C)C(C)NOCCOC. The third kappa shape index (κ3) is 5.52. The molecule has 0 bridgehead atoms. The molecule has 0 radical (unpaired) electrons. The highest BCUT2D eigenvalue weighted by Gasteiger charge is 2.08. The Labute approximate surface area is 75.4 Å². The van der Waals surface area contributed by atoms with Gasteiger partial charge in [0.15, 0.2) is 0 Å². The molecule has 0 aliphatic carbocycles. The van der Waals surface area contributed by atoms with Gasteiger partial charge < -0.3 is 4.74 Å². The van der Waals surface area contributed by atoms with Crippen molar-refractivity contribution in [3.05, 3.63) is 0 Å². The summed E-state index contributed by atoms with van der Waals surface area (Å²) in [5.74, 6) is 0.646. The maximum Gasteiger partial charge on any atom is 0.0915 e. The number of rotatable bonds is 7. The van der Waals surface area contributed by atoms with Gasteiger partial charge >= 0.3 is 0 Å². The standard InChI is InChI=1S/C9H21NO2/c1-5-8(2)9(3)10-12-7-6-11-4/h8-10H,5-7H2,1-4H3. The Balaban J connectivity index is 3.24. The van der Waals surface area contributed by atoms with Crippen LogP contribution < -0.4 is 5.48 Å². The van der Waals surface area contributed by atoms with Crippen LogP contribution in [-0.2, 0) is 9.57 Å². The molecule has 0 aliphatic rings. The van der Waals surface area contributed by atoms with E-state index >= 15 is 0 Å². The summed E-state index contributed by atoms with van der Waals surface area (Å²) in [5.41, 5.74) is 2.99. The zero-order chi connectivity index (χ0) is 9.40. The van der Waals surface area contributed by atoms with E-state index in [1.54, 1.807) is 7.11 Å². The summed E-state index contributed by atoms with van der Waals surface area (Å²) in [7, 11) is 1.67. The average Bonchev–Trinajstić information content (AvgIpc) is 2.10. The van der Waals surface area contributed by atoms with E-state index in [4.69, 9.17) is 9.57 Å². The van der Waals surface area contributed by atoms with Crippen LogP contribution in [0.3, 0.4) is 0 Å². The number of hydrogen-bond donors (Lipinski definition) is 1. The maximum absolute atomic E-state index is 5.18. The van der Waals surface area contributed by atoms with Crippen LogP contribution in [0.5, 0.6) is 0 Å². The number of methoxy groups -OCH3 is 1. The molecule has 0 aliphatic heterocycles. The molecule has 2 unspecified atom stereocenters. The lowest BCUT2D eigenvalue weighted by atomic mass is 10.0. The highest BCUT2D eigenvalue weighted by Crippen LogP contribution is 2.05. The van der Waals surface area contributed by atoms with Crippen LogP contribution in [0.25, 0.3) is 0 Å². The Morgan fingerprint density at radius 3 is 2.42 bits per heavy atom. The molecule has 74 valence electrons. The van der Waals surface area contributed by atoms with E-state index in [0.29, 0.717) is 25.2 Å². The summed E-state index contributed by atoms with van der Waals surface area (Å²) in [6, 6.07) is 0.409. The lowest BCUT2D eigenvalue weighted by Gasteiger charge is -2.19. The smallest absolute Gasteiger partial charge is 0.0915 e. The van der Waals surface area contributed by atoms with Crippen molar-refractivity contribution in [3.63, 3.8) is 0 Å². The van der Waals surface area contributed by atoms with Crippen molar-refractivity contribution in [1.29, 1.82) is 0 Å². The van der Waals surface area contributed by atoms with E-state index in [2.05, 4.69) is 26.3 Å². The Kier molecular flexibility index (Phi) is 7.45. The van der Waals surface area contributed by atoms with Crippen molar-refractivity contribution in [3.8, 4) is 0 Å². The van der Waals surface area contributed by atoms with Gasteiger partial charge in [0.25, 0.3) is 0 Å². The summed E-state index contributed by atoms with van der Waals surface area (Å²) in [5, 5.41) is 0. The van der Waals surface area contributed by atoms with Crippen LogP contribution in [0.1, 0.15) is 27.2 Å². The van der Waals surface area contributed by atoms with Crippen molar-refractivity contribution in [2.24, 2.45) is 5.92 Å². The minimum absolute atomic E-state index is 0.409. The molecule has 0 amide bonds. The van der Waals surface area contributed by atoms with E-state index in [9.17, 15) is 0 Å². The molecule has 0 heterocycles. The minimum Gasteiger partial charge on any atom is -0.382 e. The number of nitrogens with one attached hydrogen (secondary N) is 1. The van der Waals surface area contributed by atoms with Crippen LogP contribution in [0.2, 0.25) is 0 Å². The number of hydroxylamine groups is 1. The molecule has 0 aromatic heterocycles. The van der Waals surface area contributed by atoms with Gasteiger partial charge in [-0.1, -0.05) is 20.3 Å².